The molecule has 80 valence electrons. The molecule has 0 saturated heterocycles. The second kappa shape index (κ2) is 8.89. The normalized spacial score (nSPS) is 13.6. The largest absolute Gasteiger partial charge is 0.381 e. The highest BCUT2D eigenvalue weighted by Crippen LogP contribution is 2.09. The van der Waals surface area contributed by atoms with E-state index in [1.165, 1.54) is 19.3 Å². The van der Waals surface area contributed by atoms with Gasteiger partial charge >= 0.3 is 0 Å². The molecule has 13 heavy (non-hydrogen) atoms. The molecule has 0 saturated carbocycles. The van der Waals surface area contributed by atoms with E-state index in [0.29, 0.717) is 5.92 Å². The van der Waals surface area contributed by atoms with Crippen molar-refractivity contribution in [3.8, 4) is 0 Å². The Morgan fingerprint density at radius 1 is 1.23 bits per heavy atom. The molecule has 0 aromatic carbocycles. The van der Waals surface area contributed by atoms with Crippen molar-refractivity contribution in [3.05, 3.63) is 0 Å². The highest BCUT2D eigenvalue weighted by Gasteiger charge is 2.05. The van der Waals surface area contributed by atoms with E-state index in [-0.39, 0.29) is 0 Å². The molecule has 0 heterocycles. The Hall–Kier alpha value is 0.310. The van der Waals surface area contributed by atoms with E-state index in [4.69, 9.17) is 4.74 Å². The van der Waals surface area contributed by atoms with Gasteiger partial charge in [-0.15, -0.1) is 0 Å². The van der Waals surface area contributed by atoms with Crippen LogP contribution in [0, 0.1) is 11.8 Å². The minimum Gasteiger partial charge on any atom is -0.381 e. The molecule has 1 atom stereocenters. The van der Waals surface area contributed by atoms with Crippen LogP contribution in [-0.4, -0.2) is 19.0 Å². The maximum absolute atomic E-state index is 5.60. The quantitative estimate of drug-likeness (QED) is 0.471. The van der Waals surface area contributed by atoms with Gasteiger partial charge in [0, 0.05) is 6.61 Å². The Balaban J connectivity index is 3.27. The van der Waals surface area contributed by atoms with Crippen molar-refractivity contribution in [2.24, 2.45) is 11.8 Å². The lowest BCUT2D eigenvalue weighted by Crippen LogP contribution is -2.12. The fourth-order valence-electron chi connectivity index (χ4n) is 1.20. The first-order chi connectivity index (χ1) is 6.20. The summed E-state index contributed by atoms with van der Waals surface area (Å²) >= 11 is 4.31. The Morgan fingerprint density at radius 2 is 1.92 bits per heavy atom. The van der Waals surface area contributed by atoms with Crippen molar-refractivity contribution >= 4 is 12.6 Å². The molecule has 0 aliphatic rings. The van der Waals surface area contributed by atoms with Crippen LogP contribution in [-0.2, 0) is 4.74 Å². The van der Waals surface area contributed by atoms with Crippen LogP contribution in [0.4, 0.5) is 0 Å². The van der Waals surface area contributed by atoms with Crippen molar-refractivity contribution in [1.82, 2.24) is 0 Å². The Morgan fingerprint density at radius 3 is 2.38 bits per heavy atom. The average Bonchev–Trinajstić information content (AvgIpc) is 2.10. The van der Waals surface area contributed by atoms with Gasteiger partial charge in [0.15, 0.2) is 0 Å². The average molecular weight is 204 g/mol. The van der Waals surface area contributed by atoms with Crippen LogP contribution in [0.15, 0.2) is 0 Å². The van der Waals surface area contributed by atoms with Gasteiger partial charge in [-0.25, -0.2) is 0 Å². The number of rotatable bonds is 8. The third-order valence-electron chi connectivity index (χ3n) is 2.15. The van der Waals surface area contributed by atoms with Gasteiger partial charge in [0.2, 0.25) is 0 Å². The first kappa shape index (κ1) is 13.3. The lowest BCUT2D eigenvalue weighted by Gasteiger charge is -2.14. The van der Waals surface area contributed by atoms with Gasteiger partial charge in [-0.05, 0) is 30.4 Å². The van der Waals surface area contributed by atoms with Gasteiger partial charge < -0.3 is 4.74 Å². The zero-order valence-corrected chi connectivity index (χ0v) is 10.1. The summed E-state index contributed by atoms with van der Waals surface area (Å²) in [7, 11) is 0. The minimum atomic E-state index is 0.653. The SMILES string of the molecule is CCCC(CS)COCCC(C)C. The number of hydrogen-bond acceptors (Lipinski definition) is 2. The zero-order chi connectivity index (χ0) is 10.1. The van der Waals surface area contributed by atoms with Crippen molar-refractivity contribution in [2.75, 3.05) is 19.0 Å². The topological polar surface area (TPSA) is 9.23 Å². The van der Waals surface area contributed by atoms with Crippen LogP contribution in [0.2, 0.25) is 0 Å². The molecule has 0 aliphatic heterocycles. The summed E-state index contributed by atoms with van der Waals surface area (Å²) in [6, 6.07) is 0. The first-order valence-corrected chi connectivity index (χ1v) is 6.02. The van der Waals surface area contributed by atoms with E-state index < -0.39 is 0 Å². The van der Waals surface area contributed by atoms with Crippen LogP contribution >= 0.6 is 12.6 Å². The maximum Gasteiger partial charge on any atom is 0.0502 e. The third kappa shape index (κ3) is 8.63. The smallest absolute Gasteiger partial charge is 0.0502 e. The molecule has 0 bridgehead atoms. The van der Waals surface area contributed by atoms with Gasteiger partial charge in [-0.2, -0.15) is 12.6 Å². The summed E-state index contributed by atoms with van der Waals surface area (Å²) in [5, 5.41) is 0. The molecule has 0 N–H and O–H groups in total. The van der Waals surface area contributed by atoms with Crippen molar-refractivity contribution in [2.45, 2.75) is 40.0 Å². The van der Waals surface area contributed by atoms with Crippen molar-refractivity contribution in [3.63, 3.8) is 0 Å². The van der Waals surface area contributed by atoms with Gasteiger partial charge in [0.05, 0.1) is 6.61 Å². The van der Waals surface area contributed by atoms with Crippen LogP contribution in [0.1, 0.15) is 40.0 Å². The van der Waals surface area contributed by atoms with Crippen molar-refractivity contribution < 1.29 is 4.74 Å². The van der Waals surface area contributed by atoms with E-state index in [1.54, 1.807) is 0 Å². The molecule has 2 heteroatoms. The molecule has 0 aromatic rings. The first-order valence-electron chi connectivity index (χ1n) is 5.39. The molecule has 0 fully saturated rings. The monoisotopic (exact) mass is 204 g/mol. The Kier molecular flexibility index (Phi) is 9.10. The van der Waals surface area contributed by atoms with E-state index >= 15 is 0 Å². The molecule has 0 spiro atoms. The molecular weight excluding hydrogens is 180 g/mol. The molecule has 0 rings (SSSR count). The molecule has 0 radical (unpaired) electrons. The summed E-state index contributed by atoms with van der Waals surface area (Å²) in [5.41, 5.74) is 0. The van der Waals surface area contributed by atoms with Gasteiger partial charge in [-0.1, -0.05) is 27.2 Å². The highest BCUT2D eigenvalue weighted by molar-refractivity contribution is 7.80. The second-order valence-electron chi connectivity index (χ2n) is 4.09. The Labute approximate surface area is 88.7 Å². The lowest BCUT2D eigenvalue weighted by molar-refractivity contribution is 0.0947. The van der Waals surface area contributed by atoms with E-state index in [2.05, 4.69) is 33.4 Å². The summed E-state index contributed by atoms with van der Waals surface area (Å²) in [6.07, 6.45) is 3.65. The van der Waals surface area contributed by atoms with Gasteiger partial charge in [0.25, 0.3) is 0 Å². The number of hydrogen-bond donors (Lipinski definition) is 1. The summed E-state index contributed by atoms with van der Waals surface area (Å²) in [4.78, 5) is 0. The second-order valence-corrected chi connectivity index (χ2v) is 4.46. The molecule has 0 amide bonds. The third-order valence-corrected chi connectivity index (χ3v) is 2.66. The highest BCUT2D eigenvalue weighted by atomic mass is 32.1. The Bertz CT molecular complexity index is 104. The molecule has 0 aromatic heterocycles. The molecule has 1 unspecified atom stereocenters. The lowest BCUT2D eigenvalue weighted by atomic mass is 10.1. The molecular formula is C11H24OS. The fourth-order valence-corrected chi connectivity index (χ4v) is 1.49. The van der Waals surface area contributed by atoms with Crippen LogP contribution < -0.4 is 0 Å². The van der Waals surface area contributed by atoms with Crippen LogP contribution in [0.5, 0.6) is 0 Å². The van der Waals surface area contributed by atoms with Crippen LogP contribution in [0.25, 0.3) is 0 Å². The summed E-state index contributed by atoms with van der Waals surface area (Å²) in [6.45, 7) is 8.47. The summed E-state index contributed by atoms with van der Waals surface area (Å²) < 4.78 is 5.60. The number of ether oxygens (including phenoxy) is 1. The summed E-state index contributed by atoms with van der Waals surface area (Å²) in [5.74, 6) is 2.36. The predicted molar refractivity (Wildman–Crippen MR) is 62.5 cm³/mol. The molecule has 0 aliphatic carbocycles. The van der Waals surface area contributed by atoms with E-state index in [0.717, 1.165) is 24.9 Å². The zero-order valence-electron chi connectivity index (χ0n) is 9.25. The minimum absolute atomic E-state index is 0.653. The molecule has 1 nitrogen and oxygen atoms in total. The van der Waals surface area contributed by atoms with Crippen LogP contribution in [0.3, 0.4) is 0 Å². The fraction of sp³-hybridized carbons (Fsp3) is 1.00. The number of thiol groups is 1. The van der Waals surface area contributed by atoms with Crippen molar-refractivity contribution in [1.29, 1.82) is 0 Å². The van der Waals surface area contributed by atoms with Gasteiger partial charge in [-0.3, -0.25) is 0 Å². The predicted octanol–water partition coefficient (Wildman–Crippen LogP) is 3.40. The van der Waals surface area contributed by atoms with E-state index in [9.17, 15) is 0 Å². The standard InChI is InChI=1S/C11H24OS/c1-4-5-11(9-13)8-12-7-6-10(2)3/h10-11,13H,4-9H2,1-3H3. The maximum atomic E-state index is 5.60. The van der Waals surface area contributed by atoms with Gasteiger partial charge in [0.1, 0.15) is 0 Å². The van der Waals surface area contributed by atoms with E-state index in [1.807, 2.05) is 0 Å².